The SMILES string of the molecule is Cc1cccc(C=NNC(=O)c2cccc(Br)c2)c1O. The van der Waals surface area contributed by atoms with Crippen LogP contribution in [-0.2, 0) is 0 Å². The van der Waals surface area contributed by atoms with E-state index in [-0.39, 0.29) is 11.7 Å². The molecule has 0 aromatic heterocycles. The molecule has 0 saturated heterocycles. The van der Waals surface area contributed by atoms with Gasteiger partial charge >= 0.3 is 0 Å². The highest BCUT2D eigenvalue weighted by molar-refractivity contribution is 9.10. The number of hydrogen-bond donors (Lipinski definition) is 2. The second kappa shape index (κ2) is 6.34. The highest BCUT2D eigenvalue weighted by Gasteiger charge is 2.04. The third-order valence-electron chi connectivity index (χ3n) is 2.73. The van der Waals surface area contributed by atoms with E-state index < -0.39 is 0 Å². The van der Waals surface area contributed by atoms with Crippen molar-refractivity contribution in [3.8, 4) is 5.75 Å². The van der Waals surface area contributed by atoms with Gasteiger partial charge < -0.3 is 5.11 Å². The second-order valence-corrected chi connectivity index (χ2v) is 5.14. The van der Waals surface area contributed by atoms with Crippen molar-refractivity contribution in [2.75, 3.05) is 0 Å². The molecule has 2 N–H and O–H groups in total. The summed E-state index contributed by atoms with van der Waals surface area (Å²) in [7, 11) is 0. The smallest absolute Gasteiger partial charge is 0.271 e. The number of benzene rings is 2. The van der Waals surface area contributed by atoms with Gasteiger partial charge in [0.15, 0.2) is 0 Å². The average molecular weight is 333 g/mol. The standard InChI is InChI=1S/C15H13BrN2O2/c1-10-4-2-6-12(14(10)19)9-17-18-15(20)11-5-3-7-13(16)8-11/h2-9,19H,1H3,(H,18,20). The molecule has 2 aromatic carbocycles. The number of para-hydroxylation sites is 1. The van der Waals surface area contributed by atoms with Crippen molar-refractivity contribution >= 4 is 28.1 Å². The Labute approximate surface area is 125 Å². The van der Waals surface area contributed by atoms with Crippen LogP contribution in [0.2, 0.25) is 0 Å². The van der Waals surface area contributed by atoms with E-state index in [0.29, 0.717) is 11.1 Å². The number of rotatable bonds is 3. The van der Waals surface area contributed by atoms with Gasteiger partial charge in [-0.3, -0.25) is 4.79 Å². The molecule has 0 heterocycles. The second-order valence-electron chi connectivity index (χ2n) is 4.22. The lowest BCUT2D eigenvalue weighted by molar-refractivity contribution is 0.0955. The first kappa shape index (κ1) is 14.3. The number of phenolic OH excluding ortho intramolecular Hbond substituents is 1. The zero-order valence-electron chi connectivity index (χ0n) is 10.8. The molecule has 0 spiro atoms. The van der Waals surface area contributed by atoms with Gasteiger partial charge in [0.25, 0.3) is 5.91 Å². The Balaban J connectivity index is 2.07. The van der Waals surface area contributed by atoms with Crippen LogP contribution in [0.25, 0.3) is 0 Å². The van der Waals surface area contributed by atoms with E-state index in [1.807, 2.05) is 12.1 Å². The number of hydrogen-bond acceptors (Lipinski definition) is 3. The fraction of sp³-hybridized carbons (Fsp3) is 0.0667. The van der Waals surface area contributed by atoms with Crippen molar-refractivity contribution < 1.29 is 9.90 Å². The lowest BCUT2D eigenvalue weighted by Gasteiger charge is -2.02. The molecule has 5 heteroatoms. The van der Waals surface area contributed by atoms with Crippen LogP contribution in [-0.4, -0.2) is 17.2 Å². The van der Waals surface area contributed by atoms with Gasteiger partial charge in [0.2, 0.25) is 0 Å². The summed E-state index contributed by atoms with van der Waals surface area (Å²) in [4.78, 5) is 11.8. The van der Waals surface area contributed by atoms with E-state index in [0.717, 1.165) is 10.0 Å². The number of aromatic hydroxyl groups is 1. The number of carbonyl (C=O) groups is 1. The maximum absolute atomic E-state index is 11.8. The molecule has 0 aliphatic heterocycles. The third kappa shape index (κ3) is 3.45. The summed E-state index contributed by atoms with van der Waals surface area (Å²) in [6.07, 6.45) is 1.41. The Kier molecular flexibility index (Phi) is 4.53. The number of amides is 1. The van der Waals surface area contributed by atoms with Crippen LogP contribution >= 0.6 is 15.9 Å². The maximum Gasteiger partial charge on any atom is 0.271 e. The highest BCUT2D eigenvalue weighted by atomic mass is 79.9. The van der Waals surface area contributed by atoms with E-state index in [4.69, 9.17) is 0 Å². The quantitative estimate of drug-likeness (QED) is 0.669. The average Bonchev–Trinajstić information content (AvgIpc) is 2.43. The molecule has 0 fully saturated rings. The van der Waals surface area contributed by atoms with Gasteiger partial charge in [0, 0.05) is 15.6 Å². The minimum absolute atomic E-state index is 0.160. The Hall–Kier alpha value is -2.14. The van der Waals surface area contributed by atoms with Crippen LogP contribution in [0.5, 0.6) is 5.75 Å². The Bertz CT molecular complexity index is 669. The molecule has 0 atom stereocenters. The molecule has 0 aliphatic carbocycles. The van der Waals surface area contributed by atoms with E-state index in [1.54, 1.807) is 37.3 Å². The molecule has 102 valence electrons. The van der Waals surface area contributed by atoms with Crippen molar-refractivity contribution in [3.63, 3.8) is 0 Å². The monoisotopic (exact) mass is 332 g/mol. The van der Waals surface area contributed by atoms with Gasteiger partial charge in [-0.05, 0) is 36.8 Å². The normalized spacial score (nSPS) is 10.7. The van der Waals surface area contributed by atoms with Crippen LogP contribution < -0.4 is 5.43 Å². The van der Waals surface area contributed by atoms with Crippen molar-refractivity contribution in [3.05, 3.63) is 63.6 Å². The summed E-state index contributed by atoms with van der Waals surface area (Å²) in [5.74, 6) is -0.150. The van der Waals surface area contributed by atoms with E-state index in [1.165, 1.54) is 6.21 Å². The number of hydrazone groups is 1. The Morgan fingerprint density at radius 2 is 2.05 bits per heavy atom. The number of carbonyl (C=O) groups excluding carboxylic acids is 1. The Morgan fingerprint density at radius 1 is 1.30 bits per heavy atom. The van der Waals surface area contributed by atoms with Crippen LogP contribution in [0.4, 0.5) is 0 Å². The molecule has 20 heavy (non-hydrogen) atoms. The van der Waals surface area contributed by atoms with Gasteiger partial charge in [-0.2, -0.15) is 5.10 Å². The van der Waals surface area contributed by atoms with Crippen molar-refractivity contribution in [2.45, 2.75) is 6.92 Å². The molecule has 0 saturated carbocycles. The predicted molar refractivity (Wildman–Crippen MR) is 82.0 cm³/mol. The molecule has 0 unspecified atom stereocenters. The van der Waals surface area contributed by atoms with Crippen molar-refractivity contribution in [1.82, 2.24) is 5.43 Å². The molecule has 2 rings (SSSR count). The summed E-state index contributed by atoms with van der Waals surface area (Å²) >= 11 is 3.30. The lowest BCUT2D eigenvalue weighted by atomic mass is 10.1. The van der Waals surface area contributed by atoms with Gasteiger partial charge in [0.05, 0.1) is 6.21 Å². The summed E-state index contributed by atoms with van der Waals surface area (Å²) in [6, 6.07) is 12.3. The number of nitrogens with zero attached hydrogens (tertiary/aromatic N) is 1. The van der Waals surface area contributed by atoms with Crippen molar-refractivity contribution in [1.29, 1.82) is 0 Å². The minimum atomic E-state index is -0.310. The van der Waals surface area contributed by atoms with E-state index in [2.05, 4.69) is 26.5 Å². The molecular formula is C15H13BrN2O2. The topological polar surface area (TPSA) is 61.7 Å². The number of phenols is 1. The first-order valence-corrected chi connectivity index (χ1v) is 6.75. The molecule has 4 nitrogen and oxygen atoms in total. The minimum Gasteiger partial charge on any atom is -0.507 e. The summed E-state index contributed by atoms with van der Waals surface area (Å²) in [5, 5.41) is 13.7. The van der Waals surface area contributed by atoms with Gasteiger partial charge in [0.1, 0.15) is 5.75 Å². The maximum atomic E-state index is 11.8. The number of nitrogens with one attached hydrogen (secondary N) is 1. The predicted octanol–water partition coefficient (Wildman–Crippen LogP) is 3.23. The van der Waals surface area contributed by atoms with Crippen LogP contribution in [0.15, 0.2) is 52.0 Å². The van der Waals surface area contributed by atoms with Crippen molar-refractivity contribution in [2.24, 2.45) is 5.10 Å². The van der Waals surface area contributed by atoms with Gasteiger partial charge in [-0.1, -0.05) is 34.1 Å². The molecular weight excluding hydrogens is 320 g/mol. The first-order valence-electron chi connectivity index (χ1n) is 5.95. The zero-order chi connectivity index (χ0) is 14.5. The van der Waals surface area contributed by atoms with Crippen LogP contribution in [0, 0.1) is 6.92 Å². The molecule has 1 amide bonds. The molecule has 0 radical (unpaired) electrons. The highest BCUT2D eigenvalue weighted by Crippen LogP contribution is 2.19. The van der Waals surface area contributed by atoms with Gasteiger partial charge in [-0.25, -0.2) is 5.43 Å². The summed E-state index contributed by atoms with van der Waals surface area (Å²) < 4.78 is 0.824. The summed E-state index contributed by atoms with van der Waals surface area (Å²) in [5.41, 5.74) is 4.24. The molecule has 0 aliphatic rings. The fourth-order valence-electron chi connectivity index (χ4n) is 1.64. The van der Waals surface area contributed by atoms with E-state index in [9.17, 15) is 9.90 Å². The number of halogens is 1. The largest absolute Gasteiger partial charge is 0.507 e. The lowest BCUT2D eigenvalue weighted by Crippen LogP contribution is -2.17. The first-order chi connectivity index (χ1) is 9.58. The summed E-state index contributed by atoms with van der Waals surface area (Å²) in [6.45, 7) is 1.80. The third-order valence-corrected chi connectivity index (χ3v) is 3.22. The number of aryl methyl sites for hydroxylation is 1. The molecule has 2 aromatic rings. The van der Waals surface area contributed by atoms with Crippen LogP contribution in [0.1, 0.15) is 21.5 Å². The fourth-order valence-corrected chi connectivity index (χ4v) is 2.04. The zero-order valence-corrected chi connectivity index (χ0v) is 12.4. The molecule has 0 bridgehead atoms. The van der Waals surface area contributed by atoms with Crippen LogP contribution in [0.3, 0.4) is 0 Å². The van der Waals surface area contributed by atoms with E-state index >= 15 is 0 Å². The van der Waals surface area contributed by atoms with Gasteiger partial charge in [-0.15, -0.1) is 0 Å². The Morgan fingerprint density at radius 3 is 2.80 bits per heavy atom.